The van der Waals surface area contributed by atoms with Gasteiger partial charge in [0.05, 0.1) is 28.1 Å². The van der Waals surface area contributed by atoms with Crippen molar-refractivity contribution >= 4 is 40.6 Å². The van der Waals surface area contributed by atoms with E-state index in [9.17, 15) is 27.6 Å². The first-order valence-corrected chi connectivity index (χ1v) is 13.3. The number of imide groups is 1. The monoisotopic (exact) mass is 529 g/mol. The third-order valence-electron chi connectivity index (χ3n) is 8.22. The van der Waals surface area contributed by atoms with Gasteiger partial charge in [-0.1, -0.05) is 29.5 Å². The van der Waals surface area contributed by atoms with Crippen LogP contribution in [-0.4, -0.2) is 27.0 Å². The molecule has 11 heteroatoms. The van der Waals surface area contributed by atoms with Crippen LogP contribution >= 0.6 is 23.1 Å². The Kier molecular flexibility index (Phi) is 4.67. The summed E-state index contributed by atoms with van der Waals surface area (Å²) in [4.78, 5) is 48.3. The Bertz CT molecular complexity index is 1470. The SMILES string of the molecule is O=C1C2C3CC(C2C(=O)N1c1ccccc1C(F)(F)F)C1C3Sc2[nH]c(=O)sc2[C@@H]1c1cccnc1. The van der Waals surface area contributed by atoms with Crippen LogP contribution in [0.5, 0.6) is 0 Å². The van der Waals surface area contributed by atoms with E-state index in [1.54, 1.807) is 12.4 Å². The highest BCUT2D eigenvalue weighted by molar-refractivity contribution is 8.00. The summed E-state index contributed by atoms with van der Waals surface area (Å²) in [6, 6.07) is 8.55. The molecule has 7 atom stereocenters. The van der Waals surface area contributed by atoms with Gasteiger partial charge in [0, 0.05) is 28.4 Å². The zero-order valence-electron chi connectivity index (χ0n) is 18.4. The quantitative estimate of drug-likeness (QED) is 0.494. The molecule has 6 unspecified atom stereocenters. The van der Waals surface area contributed by atoms with E-state index in [1.165, 1.54) is 30.0 Å². The van der Waals surface area contributed by atoms with Gasteiger partial charge in [-0.05, 0) is 47.9 Å². The van der Waals surface area contributed by atoms with E-state index < -0.39 is 41.1 Å². The summed E-state index contributed by atoms with van der Waals surface area (Å²) in [6.07, 6.45) is -0.587. The van der Waals surface area contributed by atoms with Crippen molar-refractivity contribution < 1.29 is 22.8 Å². The highest BCUT2D eigenvalue weighted by Crippen LogP contribution is 2.68. The highest BCUT2D eigenvalue weighted by atomic mass is 32.2. The summed E-state index contributed by atoms with van der Waals surface area (Å²) in [5.74, 6) is -2.94. The van der Waals surface area contributed by atoms with E-state index >= 15 is 0 Å². The van der Waals surface area contributed by atoms with Crippen LogP contribution < -0.4 is 9.77 Å². The number of aromatic amines is 1. The predicted molar refractivity (Wildman–Crippen MR) is 127 cm³/mol. The number of nitrogens with one attached hydrogen (secondary N) is 1. The number of nitrogens with zero attached hydrogens (tertiary/aromatic N) is 2. The van der Waals surface area contributed by atoms with Gasteiger partial charge in [0.25, 0.3) is 0 Å². The largest absolute Gasteiger partial charge is 0.418 e. The van der Waals surface area contributed by atoms with E-state index in [-0.39, 0.29) is 33.8 Å². The molecule has 0 spiro atoms. The zero-order valence-corrected chi connectivity index (χ0v) is 20.1. The fourth-order valence-corrected chi connectivity index (χ4v) is 9.98. The smallest absolute Gasteiger partial charge is 0.307 e. The molecule has 2 bridgehead atoms. The van der Waals surface area contributed by atoms with Crippen molar-refractivity contribution in [2.45, 2.75) is 28.8 Å². The molecule has 1 aromatic carbocycles. The molecular formula is C25H18F3N3O3S2. The highest BCUT2D eigenvalue weighted by Gasteiger charge is 2.70. The van der Waals surface area contributed by atoms with Gasteiger partial charge in [-0.15, -0.1) is 11.8 Å². The summed E-state index contributed by atoms with van der Waals surface area (Å²) in [6.45, 7) is 0. The molecule has 4 heterocycles. The molecule has 2 amide bonds. The Morgan fingerprint density at radius 3 is 2.47 bits per heavy atom. The lowest BCUT2D eigenvalue weighted by molar-refractivity contribution is -0.137. The summed E-state index contributed by atoms with van der Waals surface area (Å²) in [5.41, 5.74) is -0.445. The van der Waals surface area contributed by atoms with Crippen LogP contribution in [0.25, 0.3) is 0 Å². The Morgan fingerprint density at radius 1 is 1.00 bits per heavy atom. The fraction of sp³-hybridized carbons (Fsp3) is 0.360. The average Bonchev–Trinajstić information content (AvgIpc) is 3.58. The lowest BCUT2D eigenvalue weighted by Gasteiger charge is -2.42. The first-order chi connectivity index (χ1) is 17.3. The molecule has 1 saturated heterocycles. The minimum absolute atomic E-state index is 0.0287. The fourth-order valence-electron chi connectivity index (χ4n) is 7.10. The number of aromatic nitrogens is 2. The van der Waals surface area contributed by atoms with Gasteiger partial charge in [0.2, 0.25) is 11.8 Å². The van der Waals surface area contributed by atoms with Crippen molar-refractivity contribution in [3.63, 3.8) is 0 Å². The Hall–Kier alpha value is -2.92. The van der Waals surface area contributed by atoms with E-state index in [4.69, 9.17) is 0 Å². The van der Waals surface area contributed by atoms with E-state index in [2.05, 4.69) is 9.97 Å². The molecule has 2 aromatic heterocycles. The van der Waals surface area contributed by atoms with Crippen LogP contribution in [0.3, 0.4) is 0 Å². The van der Waals surface area contributed by atoms with Crippen molar-refractivity contribution in [3.05, 3.63) is 74.5 Å². The Morgan fingerprint density at radius 2 is 1.75 bits per heavy atom. The van der Waals surface area contributed by atoms with Gasteiger partial charge in [0.1, 0.15) is 0 Å². The number of hydrogen-bond donors (Lipinski definition) is 1. The second-order valence-corrected chi connectivity index (χ2v) is 12.0. The van der Waals surface area contributed by atoms with Gasteiger partial charge in [-0.2, -0.15) is 13.2 Å². The molecule has 2 saturated carbocycles. The number of benzene rings is 1. The van der Waals surface area contributed by atoms with E-state index in [0.29, 0.717) is 6.42 Å². The maximum atomic E-state index is 13.8. The normalized spacial score (nSPS) is 32.5. The standard InChI is InChI=1S/C25H18F3N3O3S2/c26-25(27,28)13-5-1-2-6-14(13)31-22(32)17-11-8-12(18(17)23(31)33)19-16(11)15(10-4-3-7-29-9-10)20-21(35-19)30-24(34)36-20/h1-7,9,11-12,15-19H,8H2,(H,30,34)/t11?,12?,15-,16?,17?,18?,19?/m1/s1. The number of fused-ring (bicyclic) bond motifs is 9. The molecule has 4 aliphatic rings. The number of pyridine rings is 1. The predicted octanol–water partition coefficient (Wildman–Crippen LogP) is 4.53. The van der Waals surface area contributed by atoms with E-state index in [1.807, 2.05) is 12.1 Å². The van der Waals surface area contributed by atoms with Crippen molar-refractivity contribution in [2.75, 3.05) is 4.90 Å². The first kappa shape index (κ1) is 22.3. The lowest BCUT2D eigenvalue weighted by atomic mass is 9.68. The Balaban J connectivity index is 1.33. The van der Waals surface area contributed by atoms with Gasteiger partial charge in [-0.25, -0.2) is 4.90 Å². The molecular weight excluding hydrogens is 511 g/mol. The molecule has 36 heavy (non-hydrogen) atoms. The number of H-pyrrole nitrogens is 1. The van der Waals surface area contributed by atoms with Crippen LogP contribution in [0.15, 0.2) is 58.6 Å². The van der Waals surface area contributed by atoms with Crippen LogP contribution in [0.2, 0.25) is 0 Å². The van der Waals surface area contributed by atoms with Gasteiger partial charge >= 0.3 is 11.0 Å². The molecule has 3 aromatic rings. The molecule has 2 aliphatic heterocycles. The minimum atomic E-state index is -4.69. The number of hydrogen-bond acceptors (Lipinski definition) is 6. The van der Waals surface area contributed by atoms with Crippen LogP contribution in [0.4, 0.5) is 18.9 Å². The van der Waals surface area contributed by atoms with Crippen molar-refractivity contribution in [1.82, 2.24) is 9.97 Å². The second-order valence-electron chi connectivity index (χ2n) is 9.77. The lowest BCUT2D eigenvalue weighted by Crippen LogP contribution is -2.42. The zero-order chi connectivity index (χ0) is 24.9. The average molecular weight is 530 g/mol. The molecule has 3 fully saturated rings. The van der Waals surface area contributed by atoms with Crippen molar-refractivity contribution in [1.29, 1.82) is 0 Å². The first-order valence-electron chi connectivity index (χ1n) is 11.6. The number of carbonyl (C=O) groups excluding carboxylic acids is 2. The van der Waals surface area contributed by atoms with Gasteiger partial charge < -0.3 is 4.98 Å². The number of halogens is 3. The maximum absolute atomic E-state index is 13.8. The van der Waals surface area contributed by atoms with Gasteiger partial charge in [-0.3, -0.25) is 19.4 Å². The molecule has 1 N–H and O–H groups in total. The molecule has 7 rings (SSSR count). The summed E-state index contributed by atoms with van der Waals surface area (Å²) in [5, 5.41) is 0.744. The molecule has 184 valence electrons. The Labute approximate surface area is 210 Å². The number of amides is 2. The number of para-hydroxylation sites is 1. The molecule has 0 radical (unpaired) electrons. The third-order valence-corrected chi connectivity index (χ3v) is 10.8. The van der Waals surface area contributed by atoms with Gasteiger partial charge in [0.15, 0.2) is 0 Å². The number of carbonyl (C=O) groups is 2. The topological polar surface area (TPSA) is 83.1 Å². The molecule has 2 aliphatic carbocycles. The van der Waals surface area contributed by atoms with E-state index in [0.717, 1.165) is 37.8 Å². The van der Waals surface area contributed by atoms with Crippen molar-refractivity contribution in [2.24, 2.45) is 29.6 Å². The molecule has 6 nitrogen and oxygen atoms in total. The maximum Gasteiger partial charge on any atom is 0.418 e. The summed E-state index contributed by atoms with van der Waals surface area (Å²) in [7, 11) is 0. The number of thioether (sulfide) groups is 1. The number of thiazole rings is 1. The summed E-state index contributed by atoms with van der Waals surface area (Å²) >= 11 is 2.69. The number of anilines is 1. The van der Waals surface area contributed by atoms with Crippen LogP contribution in [0.1, 0.15) is 28.3 Å². The summed E-state index contributed by atoms with van der Waals surface area (Å²) < 4.78 is 41.3. The second kappa shape index (κ2) is 7.55. The third kappa shape index (κ3) is 2.92. The minimum Gasteiger partial charge on any atom is -0.307 e. The van der Waals surface area contributed by atoms with Crippen LogP contribution in [-0.2, 0) is 15.8 Å². The number of rotatable bonds is 2. The van der Waals surface area contributed by atoms with Crippen LogP contribution in [0, 0.1) is 29.6 Å². The number of alkyl halides is 3. The van der Waals surface area contributed by atoms with Crippen molar-refractivity contribution in [3.8, 4) is 0 Å².